The van der Waals surface area contributed by atoms with E-state index in [1.54, 1.807) is 50.7 Å². The van der Waals surface area contributed by atoms with Gasteiger partial charge in [0.15, 0.2) is 17.3 Å². The van der Waals surface area contributed by atoms with Gasteiger partial charge in [-0.05, 0) is 42.0 Å². The summed E-state index contributed by atoms with van der Waals surface area (Å²) in [6.07, 6.45) is -5.87. The monoisotopic (exact) mass is 684 g/mol. The van der Waals surface area contributed by atoms with Crippen LogP contribution in [-0.2, 0) is 18.9 Å². The van der Waals surface area contributed by atoms with Gasteiger partial charge in [0.05, 0.1) is 14.2 Å². The molecule has 234 valence electrons. The van der Waals surface area contributed by atoms with Crippen LogP contribution >= 0.6 is 34.3 Å². The molecule has 0 atom stereocenters. The highest BCUT2D eigenvalue weighted by Crippen LogP contribution is 2.40. The summed E-state index contributed by atoms with van der Waals surface area (Å²) in [7, 11) is 3.09. The third-order valence-corrected chi connectivity index (χ3v) is 8.42. The molecule has 6 rings (SSSR count). The number of halogens is 7. The maximum absolute atomic E-state index is 12.8. The van der Waals surface area contributed by atoms with Gasteiger partial charge in [-0.2, -0.15) is 26.3 Å². The maximum Gasteiger partial charge on any atom is 0.425 e. The molecule has 0 fully saturated rings. The van der Waals surface area contributed by atoms with Crippen LogP contribution in [0.5, 0.6) is 11.5 Å². The van der Waals surface area contributed by atoms with Crippen LogP contribution in [0.3, 0.4) is 0 Å². The lowest BCUT2D eigenvalue weighted by molar-refractivity contribution is -0.135. The molecule has 0 bridgehead atoms. The Morgan fingerprint density at radius 1 is 0.800 bits per heavy atom. The van der Waals surface area contributed by atoms with E-state index in [-0.39, 0.29) is 32.0 Å². The van der Waals surface area contributed by atoms with Crippen LogP contribution in [0.15, 0.2) is 60.9 Å². The lowest BCUT2D eigenvalue weighted by atomic mass is 10.2. The van der Waals surface area contributed by atoms with E-state index in [1.165, 1.54) is 6.20 Å². The van der Waals surface area contributed by atoms with Crippen LogP contribution < -0.4 is 14.8 Å². The van der Waals surface area contributed by atoms with E-state index >= 15 is 0 Å². The minimum atomic E-state index is -4.42. The van der Waals surface area contributed by atoms with E-state index in [0.29, 0.717) is 51.8 Å². The number of pyridine rings is 1. The summed E-state index contributed by atoms with van der Waals surface area (Å²) in [4.78, 5) is 19.4. The molecular formula is C28H19ClF6N6O2S2. The average Bonchev–Trinajstić information content (AvgIpc) is 3.66. The molecule has 17 heteroatoms. The van der Waals surface area contributed by atoms with E-state index in [2.05, 4.69) is 30.2 Å². The van der Waals surface area contributed by atoms with Crippen LogP contribution in [0.1, 0.15) is 15.3 Å². The highest BCUT2D eigenvalue weighted by Gasteiger charge is 2.34. The van der Waals surface area contributed by atoms with Crippen molar-refractivity contribution in [2.75, 3.05) is 19.5 Å². The topological polar surface area (TPSA) is 94.9 Å². The second-order valence-electron chi connectivity index (χ2n) is 8.99. The highest BCUT2D eigenvalue weighted by molar-refractivity contribution is 7.19. The zero-order valence-corrected chi connectivity index (χ0v) is 25.4. The number of hydrogen-bond donors (Lipinski definition) is 1. The van der Waals surface area contributed by atoms with E-state index in [1.807, 2.05) is 6.07 Å². The number of rotatable bonds is 6. The Hall–Kier alpha value is -4.28. The number of ether oxygens (including phenoxy) is 2. The van der Waals surface area contributed by atoms with E-state index in [0.717, 1.165) is 17.7 Å². The maximum atomic E-state index is 12.8. The quantitative estimate of drug-likeness (QED) is 0.137. The number of nitrogens with one attached hydrogen (secondary N) is 1. The molecule has 0 aliphatic heterocycles. The Balaban J connectivity index is 0.000000182. The summed E-state index contributed by atoms with van der Waals surface area (Å²) in [5.74, 6) is 1.67. The molecule has 0 spiro atoms. The zero-order valence-electron chi connectivity index (χ0n) is 23.0. The van der Waals surface area contributed by atoms with Crippen molar-refractivity contribution < 1.29 is 35.8 Å². The van der Waals surface area contributed by atoms with Crippen LogP contribution in [0.2, 0.25) is 5.15 Å². The van der Waals surface area contributed by atoms with Crippen molar-refractivity contribution in [3.8, 4) is 23.0 Å². The van der Waals surface area contributed by atoms with Crippen molar-refractivity contribution in [1.29, 1.82) is 0 Å². The van der Waals surface area contributed by atoms with Gasteiger partial charge < -0.3 is 14.8 Å². The van der Waals surface area contributed by atoms with Crippen molar-refractivity contribution in [1.82, 2.24) is 24.9 Å². The normalized spacial score (nSPS) is 11.8. The van der Waals surface area contributed by atoms with Crippen molar-refractivity contribution in [3.05, 3.63) is 81.4 Å². The van der Waals surface area contributed by atoms with Gasteiger partial charge in [-0.15, -0.1) is 22.7 Å². The average molecular weight is 685 g/mol. The fraction of sp³-hybridized carbons (Fsp3) is 0.179. The van der Waals surface area contributed by atoms with Gasteiger partial charge >= 0.3 is 12.4 Å². The lowest BCUT2D eigenvalue weighted by Crippen LogP contribution is -2.03. The standard InChI is InChI=1S/C16H14F3N3O2S.C12H5ClF3N3S/c1-23-11-4-3-9(5-12(11)24-2)7-20-15-21-8-10-6-13(16(17,18)19)25-14(10)22-15;13-9-6-5-8(12(14,15)16)20-11(6)19-10(18-9)7-3-1-2-4-17-7/h3-6,8H,7H2,1-2H3,(H,20,21,22);1-5H. The Morgan fingerprint density at radius 2 is 1.51 bits per heavy atom. The number of thiophene rings is 2. The van der Waals surface area contributed by atoms with Crippen molar-refractivity contribution in [2.24, 2.45) is 0 Å². The SMILES string of the molecule is COc1ccc(CNc2ncc3cc(C(F)(F)F)sc3n2)cc1OC.FC(F)(F)c1cc2c(Cl)nc(-c3ccccn3)nc2s1. The first kappa shape index (κ1) is 32.1. The molecule has 1 N–H and O–H groups in total. The molecule has 0 amide bonds. The Bertz CT molecular complexity index is 1950. The van der Waals surface area contributed by atoms with Crippen molar-refractivity contribution >= 4 is 60.7 Å². The molecule has 5 aromatic heterocycles. The number of fused-ring (bicyclic) bond motifs is 2. The minimum absolute atomic E-state index is 0.0117. The first-order valence-corrected chi connectivity index (χ1v) is 14.6. The molecule has 8 nitrogen and oxygen atoms in total. The van der Waals surface area contributed by atoms with E-state index < -0.39 is 22.1 Å². The molecule has 0 radical (unpaired) electrons. The Labute approximate surface area is 263 Å². The fourth-order valence-electron chi connectivity index (χ4n) is 3.86. The third-order valence-electron chi connectivity index (χ3n) is 5.97. The zero-order chi connectivity index (χ0) is 32.4. The molecule has 0 aliphatic rings. The van der Waals surface area contributed by atoms with Gasteiger partial charge in [0.2, 0.25) is 5.95 Å². The highest BCUT2D eigenvalue weighted by atomic mass is 35.5. The Kier molecular flexibility index (Phi) is 9.27. The summed E-state index contributed by atoms with van der Waals surface area (Å²) < 4.78 is 86.7. The number of benzene rings is 1. The summed E-state index contributed by atoms with van der Waals surface area (Å²) in [6.45, 7) is 0.392. The summed E-state index contributed by atoms with van der Waals surface area (Å²) in [5, 5.41) is 3.55. The predicted molar refractivity (Wildman–Crippen MR) is 160 cm³/mol. The first-order valence-electron chi connectivity index (χ1n) is 12.6. The molecule has 1 aromatic carbocycles. The second kappa shape index (κ2) is 13.0. The molecule has 0 aliphatic carbocycles. The molecule has 45 heavy (non-hydrogen) atoms. The Morgan fingerprint density at radius 3 is 2.18 bits per heavy atom. The van der Waals surface area contributed by atoms with Crippen LogP contribution in [-0.4, -0.2) is 39.1 Å². The molecule has 0 unspecified atom stereocenters. The van der Waals surface area contributed by atoms with Crippen molar-refractivity contribution in [2.45, 2.75) is 18.9 Å². The fourth-order valence-corrected chi connectivity index (χ4v) is 5.91. The molecule has 5 heterocycles. The number of aromatic nitrogens is 5. The molecule has 0 saturated heterocycles. The van der Waals surface area contributed by atoms with Gasteiger partial charge in [-0.3, -0.25) is 4.98 Å². The number of alkyl halides is 6. The summed E-state index contributed by atoms with van der Waals surface area (Å²) in [5.41, 5.74) is 1.35. The minimum Gasteiger partial charge on any atom is -0.493 e. The molecule has 0 saturated carbocycles. The van der Waals surface area contributed by atoms with Gasteiger partial charge in [0, 0.05) is 29.7 Å². The molecule has 6 aromatic rings. The summed E-state index contributed by atoms with van der Waals surface area (Å²) >= 11 is 7.07. The number of hydrogen-bond acceptors (Lipinski definition) is 10. The number of methoxy groups -OCH3 is 2. The van der Waals surface area contributed by atoms with E-state index in [9.17, 15) is 26.3 Å². The van der Waals surface area contributed by atoms with Crippen LogP contribution in [0.25, 0.3) is 32.0 Å². The van der Waals surface area contributed by atoms with Gasteiger partial charge in [-0.1, -0.05) is 23.7 Å². The van der Waals surface area contributed by atoms with Gasteiger partial charge in [0.1, 0.15) is 30.3 Å². The molecular weight excluding hydrogens is 666 g/mol. The summed E-state index contributed by atoms with van der Waals surface area (Å²) in [6, 6.07) is 12.6. The van der Waals surface area contributed by atoms with E-state index in [4.69, 9.17) is 21.1 Å². The van der Waals surface area contributed by atoms with Gasteiger partial charge in [-0.25, -0.2) is 19.9 Å². The van der Waals surface area contributed by atoms with Crippen molar-refractivity contribution in [3.63, 3.8) is 0 Å². The number of nitrogens with zero attached hydrogens (tertiary/aromatic N) is 5. The smallest absolute Gasteiger partial charge is 0.425 e. The predicted octanol–water partition coefficient (Wildman–Crippen LogP) is 8.76. The number of anilines is 1. The van der Waals surface area contributed by atoms with Gasteiger partial charge in [0.25, 0.3) is 0 Å². The second-order valence-corrected chi connectivity index (χ2v) is 11.4. The lowest BCUT2D eigenvalue weighted by Gasteiger charge is -2.10. The largest absolute Gasteiger partial charge is 0.493 e. The van der Waals surface area contributed by atoms with Crippen LogP contribution in [0, 0.1) is 0 Å². The van der Waals surface area contributed by atoms with Crippen LogP contribution in [0.4, 0.5) is 32.3 Å². The first-order chi connectivity index (χ1) is 21.4. The third kappa shape index (κ3) is 7.51.